The molecule has 2 heterocycles. The Labute approximate surface area is 178 Å². The fraction of sp³-hybridized carbons (Fsp3) is 0.280. The third-order valence-electron chi connectivity index (χ3n) is 5.36. The van der Waals surface area contributed by atoms with Gasteiger partial charge in [-0.05, 0) is 51.1 Å². The minimum Gasteiger partial charge on any atom is -0.302 e. The minimum absolute atomic E-state index is 0.843. The molecule has 5 heteroatoms. The summed E-state index contributed by atoms with van der Waals surface area (Å²) >= 11 is 0. The second-order valence-electron chi connectivity index (χ2n) is 8.16. The first kappa shape index (κ1) is 20.1. The first-order valence-electron chi connectivity index (χ1n) is 10.4. The lowest BCUT2D eigenvalue weighted by molar-refractivity contribution is 0.331. The Hall–Kier alpha value is -3.18. The van der Waals surface area contributed by atoms with E-state index >= 15 is 0 Å². The van der Waals surface area contributed by atoms with Crippen LogP contribution in [0, 0.1) is 13.8 Å². The van der Waals surface area contributed by atoms with Crippen LogP contribution in [0.2, 0.25) is 0 Å². The molecule has 0 amide bonds. The second-order valence-corrected chi connectivity index (χ2v) is 8.16. The highest BCUT2D eigenvalue weighted by atomic mass is 15.3. The molecular weight excluding hydrogens is 370 g/mol. The second kappa shape index (κ2) is 8.67. The Morgan fingerprint density at radius 3 is 2.47 bits per heavy atom. The Kier molecular flexibility index (Phi) is 5.81. The van der Waals surface area contributed by atoms with Crippen molar-refractivity contribution in [3.63, 3.8) is 0 Å². The van der Waals surface area contributed by atoms with Gasteiger partial charge in [0.05, 0.1) is 17.6 Å². The van der Waals surface area contributed by atoms with Gasteiger partial charge in [-0.1, -0.05) is 41.5 Å². The Morgan fingerprint density at radius 1 is 0.967 bits per heavy atom. The molecule has 0 aliphatic carbocycles. The highest BCUT2D eigenvalue weighted by molar-refractivity contribution is 5.64. The number of likely N-dealkylation sites (N-methyl/N-ethyl adjacent to an activating group) is 1. The Bertz CT molecular complexity index is 1120. The van der Waals surface area contributed by atoms with Crippen LogP contribution in [0.3, 0.4) is 0 Å². The van der Waals surface area contributed by atoms with Gasteiger partial charge in [-0.25, -0.2) is 4.68 Å². The van der Waals surface area contributed by atoms with Gasteiger partial charge in [0.25, 0.3) is 0 Å². The van der Waals surface area contributed by atoms with Crippen LogP contribution < -0.4 is 0 Å². The first-order chi connectivity index (χ1) is 14.5. The number of hydrogen-bond acceptors (Lipinski definition) is 3. The molecule has 2 aromatic carbocycles. The summed E-state index contributed by atoms with van der Waals surface area (Å²) < 4.78 is 3.86. The molecule has 0 bridgehead atoms. The fourth-order valence-corrected chi connectivity index (χ4v) is 3.68. The van der Waals surface area contributed by atoms with Crippen molar-refractivity contribution in [2.75, 3.05) is 13.6 Å². The molecule has 154 valence electrons. The summed E-state index contributed by atoms with van der Waals surface area (Å²) in [6, 6.07) is 17.1. The zero-order valence-corrected chi connectivity index (χ0v) is 18.2. The molecule has 4 rings (SSSR count). The van der Waals surface area contributed by atoms with Crippen LogP contribution in [-0.2, 0) is 20.0 Å². The van der Waals surface area contributed by atoms with Crippen LogP contribution in [0.25, 0.3) is 16.9 Å². The molecule has 0 aliphatic rings. The lowest BCUT2D eigenvalue weighted by Gasteiger charge is -2.16. The summed E-state index contributed by atoms with van der Waals surface area (Å²) in [6.07, 6.45) is 7.18. The van der Waals surface area contributed by atoms with Crippen LogP contribution >= 0.6 is 0 Å². The van der Waals surface area contributed by atoms with Gasteiger partial charge in [-0.15, -0.1) is 0 Å². The summed E-state index contributed by atoms with van der Waals surface area (Å²) in [5.74, 6) is 0. The maximum Gasteiger partial charge on any atom is 0.0972 e. The molecule has 2 aromatic heterocycles. The van der Waals surface area contributed by atoms with E-state index < -0.39 is 0 Å². The van der Waals surface area contributed by atoms with Gasteiger partial charge in [-0.2, -0.15) is 10.2 Å². The van der Waals surface area contributed by atoms with Gasteiger partial charge in [0.15, 0.2) is 0 Å². The molecule has 0 atom stereocenters. The van der Waals surface area contributed by atoms with Crippen molar-refractivity contribution >= 4 is 0 Å². The monoisotopic (exact) mass is 399 g/mol. The number of rotatable bonds is 7. The Morgan fingerprint density at radius 2 is 1.77 bits per heavy atom. The average Bonchev–Trinajstić information content (AvgIpc) is 3.33. The SMILES string of the molecule is Cc1ccc(-n2cc(CN(C)CCc3cnn(C)c3)c(-c3cccc(C)c3)n2)cc1. The molecule has 0 saturated carbocycles. The van der Waals surface area contributed by atoms with E-state index in [1.807, 2.05) is 22.6 Å². The predicted molar refractivity (Wildman–Crippen MR) is 122 cm³/mol. The lowest BCUT2D eigenvalue weighted by atomic mass is 10.1. The van der Waals surface area contributed by atoms with Crippen LogP contribution in [-0.4, -0.2) is 38.1 Å². The van der Waals surface area contributed by atoms with E-state index in [0.29, 0.717) is 0 Å². The van der Waals surface area contributed by atoms with Crippen LogP contribution in [0.15, 0.2) is 67.1 Å². The van der Waals surface area contributed by atoms with E-state index in [1.54, 1.807) is 0 Å². The number of nitrogens with zero attached hydrogens (tertiary/aromatic N) is 5. The van der Waals surface area contributed by atoms with Crippen LogP contribution in [0.1, 0.15) is 22.3 Å². The zero-order valence-electron chi connectivity index (χ0n) is 18.2. The van der Waals surface area contributed by atoms with E-state index in [9.17, 15) is 0 Å². The lowest BCUT2D eigenvalue weighted by Crippen LogP contribution is -2.20. The van der Waals surface area contributed by atoms with E-state index in [1.165, 1.54) is 22.3 Å². The minimum atomic E-state index is 0.843. The fourth-order valence-electron chi connectivity index (χ4n) is 3.68. The molecule has 30 heavy (non-hydrogen) atoms. The van der Waals surface area contributed by atoms with Gasteiger partial charge in [0, 0.05) is 43.7 Å². The maximum absolute atomic E-state index is 4.97. The molecule has 0 spiro atoms. The Balaban J connectivity index is 1.60. The van der Waals surface area contributed by atoms with Crippen LogP contribution in [0.4, 0.5) is 0 Å². The van der Waals surface area contributed by atoms with Crippen molar-refractivity contribution < 1.29 is 0 Å². The first-order valence-corrected chi connectivity index (χ1v) is 10.4. The molecule has 0 saturated heterocycles. The summed E-state index contributed by atoms with van der Waals surface area (Å²) in [5, 5.41) is 9.24. The van der Waals surface area contributed by atoms with Gasteiger partial charge in [-0.3, -0.25) is 4.68 Å². The summed E-state index contributed by atoms with van der Waals surface area (Å²) in [5.41, 5.74) is 8.28. The van der Waals surface area contributed by atoms with Crippen molar-refractivity contribution in [3.05, 3.63) is 89.4 Å². The molecule has 0 aliphatic heterocycles. The topological polar surface area (TPSA) is 38.9 Å². The molecular formula is C25H29N5. The van der Waals surface area contributed by atoms with Gasteiger partial charge in [0.1, 0.15) is 0 Å². The quantitative estimate of drug-likeness (QED) is 0.457. The van der Waals surface area contributed by atoms with Gasteiger partial charge >= 0.3 is 0 Å². The van der Waals surface area contributed by atoms with Crippen molar-refractivity contribution in [2.24, 2.45) is 7.05 Å². The standard InChI is InChI=1S/C25H29N5/c1-19-8-10-24(11-9-19)30-18-23(25(27-30)22-7-5-6-20(2)14-22)17-28(3)13-12-21-15-26-29(4)16-21/h5-11,14-16,18H,12-13,17H2,1-4H3. The number of aryl methyl sites for hydroxylation is 3. The van der Waals surface area contributed by atoms with Crippen molar-refractivity contribution in [1.29, 1.82) is 0 Å². The summed E-state index contributed by atoms with van der Waals surface area (Å²) in [6.45, 7) is 6.04. The third kappa shape index (κ3) is 4.69. The van der Waals surface area contributed by atoms with E-state index in [4.69, 9.17) is 5.10 Å². The third-order valence-corrected chi connectivity index (χ3v) is 5.36. The molecule has 5 nitrogen and oxygen atoms in total. The molecule has 0 fully saturated rings. The zero-order chi connectivity index (χ0) is 21.1. The van der Waals surface area contributed by atoms with E-state index in [2.05, 4.69) is 91.8 Å². The molecule has 4 aromatic rings. The smallest absolute Gasteiger partial charge is 0.0972 e. The van der Waals surface area contributed by atoms with Crippen molar-refractivity contribution in [2.45, 2.75) is 26.8 Å². The summed E-state index contributed by atoms with van der Waals surface area (Å²) in [4.78, 5) is 2.35. The van der Waals surface area contributed by atoms with Crippen LogP contribution in [0.5, 0.6) is 0 Å². The molecule has 0 N–H and O–H groups in total. The predicted octanol–water partition coefficient (Wildman–Crippen LogP) is 4.56. The van der Waals surface area contributed by atoms with Gasteiger partial charge < -0.3 is 4.90 Å². The average molecular weight is 400 g/mol. The number of benzene rings is 2. The highest BCUT2D eigenvalue weighted by Crippen LogP contribution is 2.26. The maximum atomic E-state index is 4.97. The van der Waals surface area contributed by atoms with Crippen molar-refractivity contribution in [3.8, 4) is 16.9 Å². The van der Waals surface area contributed by atoms with E-state index in [-0.39, 0.29) is 0 Å². The summed E-state index contributed by atoms with van der Waals surface area (Å²) in [7, 11) is 4.13. The normalized spacial score (nSPS) is 11.4. The number of aromatic nitrogens is 4. The molecule has 0 radical (unpaired) electrons. The number of hydrogen-bond donors (Lipinski definition) is 0. The molecule has 0 unspecified atom stereocenters. The van der Waals surface area contributed by atoms with Gasteiger partial charge in [0.2, 0.25) is 0 Å². The van der Waals surface area contributed by atoms with E-state index in [0.717, 1.165) is 36.5 Å². The highest BCUT2D eigenvalue weighted by Gasteiger charge is 2.14. The van der Waals surface area contributed by atoms with Crippen molar-refractivity contribution in [1.82, 2.24) is 24.5 Å². The largest absolute Gasteiger partial charge is 0.302 e.